The van der Waals surface area contributed by atoms with Crippen LogP contribution in [0.5, 0.6) is 0 Å². The fourth-order valence-electron chi connectivity index (χ4n) is 2.13. The van der Waals surface area contributed by atoms with Crippen molar-refractivity contribution in [3.8, 4) is 11.3 Å². The van der Waals surface area contributed by atoms with E-state index in [0.717, 1.165) is 29.3 Å². The van der Waals surface area contributed by atoms with Gasteiger partial charge in [0.15, 0.2) is 0 Å². The number of anilines is 2. The van der Waals surface area contributed by atoms with Crippen molar-refractivity contribution in [3.05, 3.63) is 60.7 Å². The summed E-state index contributed by atoms with van der Waals surface area (Å²) in [6, 6.07) is 11.6. The van der Waals surface area contributed by atoms with E-state index < -0.39 is 0 Å². The molecular weight excluding hydrogens is 288 g/mol. The molecule has 3 rings (SSSR count). The second kappa shape index (κ2) is 7.31. The highest BCUT2D eigenvalue weighted by molar-refractivity contribution is 5.63. The lowest BCUT2D eigenvalue weighted by atomic mass is 10.2. The molecule has 3 aromatic heterocycles. The molecule has 0 radical (unpaired) electrons. The monoisotopic (exact) mass is 306 g/mol. The van der Waals surface area contributed by atoms with Crippen molar-refractivity contribution in [2.45, 2.75) is 13.5 Å². The first-order valence-corrected chi connectivity index (χ1v) is 7.52. The van der Waals surface area contributed by atoms with Gasteiger partial charge in [-0.1, -0.05) is 6.07 Å². The van der Waals surface area contributed by atoms with Gasteiger partial charge >= 0.3 is 0 Å². The largest absolute Gasteiger partial charge is 0.364 e. The number of hydrogen-bond donors (Lipinski definition) is 2. The van der Waals surface area contributed by atoms with Crippen molar-refractivity contribution in [3.63, 3.8) is 0 Å². The summed E-state index contributed by atoms with van der Waals surface area (Å²) in [4.78, 5) is 17.4. The van der Waals surface area contributed by atoms with E-state index in [1.54, 1.807) is 18.6 Å². The van der Waals surface area contributed by atoms with Crippen LogP contribution in [-0.2, 0) is 6.54 Å². The average Bonchev–Trinajstić information content (AvgIpc) is 2.62. The molecule has 0 amide bonds. The minimum Gasteiger partial charge on any atom is -0.364 e. The van der Waals surface area contributed by atoms with E-state index >= 15 is 0 Å². The molecule has 0 aromatic carbocycles. The van der Waals surface area contributed by atoms with Crippen LogP contribution in [0.15, 0.2) is 55.0 Å². The van der Waals surface area contributed by atoms with Crippen LogP contribution in [0, 0.1) is 0 Å². The molecule has 0 atom stereocenters. The molecule has 0 fully saturated rings. The predicted octanol–water partition coefficient (Wildman–Crippen LogP) is 2.98. The lowest BCUT2D eigenvalue weighted by Gasteiger charge is -2.10. The molecule has 6 heteroatoms. The predicted molar refractivity (Wildman–Crippen MR) is 91.0 cm³/mol. The Bertz CT molecular complexity index is 746. The maximum absolute atomic E-state index is 4.54. The molecule has 0 aliphatic carbocycles. The van der Waals surface area contributed by atoms with Crippen molar-refractivity contribution in [2.24, 2.45) is 0 Å². The Morgan fingerprint density at radius 1 is 0.957 bits per heavy atom. The van der Waals surface area contributed by atoms with E-state index in [2.05, 4.69) is 30.6 Å². The summed E-state index contributed by atoms with van der Waals surface area (Å²) < 4.78 is 0. The summed E-state index contributed by atoms with van der Waals surface area (Å²) in [5.74, 6) is 1.36. The van der Waals surface area contributed by atoms with E-state index in [1.807, 2.05) is 43.3 Å². The van der Waals surface area contributed by atoms with Gasteiger partial charge in [-0.25, -0.2) is 4.98 Å². The first-order chi connectivity index (χ1) is 11.3. The van der Waals surface area contributed by atoms with Crippen LogP contribution in [0.1, 0.15) is 12.6 Å². The number of aromatic nitrogens is 4. The van der Waals surface area contributed by atoms with Gasteiger partial charge in [0, 0.05) is 36.8 Å². The van der Waals surface area contributed by atoms with Gasteiger partial charge in [-0.2, -0.15) is 4.98 Å². The number of nitrogens with one attached hydrogen (secondary N) is 2. The molecule has 116 valence electrons. The minimum absolute atomic E-state index is 0.602. The molecule has 0 aliphatic rings. The maximum Gasteiger partial charge on any atom is 0.225 e. The molecule has 0 unspecified atom stereocenters. The van der Waals surface area contributed by atoms with Crippen molar-refractivity contribution in [1.29, 1.82) is 0 Å². The van der Waals surface area contributed by atoms with E-state index in [9.17, 15) is 0 Å². The number of rotatable bonds is 6. The first kappa shape index (κ1) is 14.9. The SMILES string of the molecule is CCNc1nc(NCc2ccccn2)cc(-c2ccncc2)n1. The summed E-state index contributed by atoms with van der Waals surface area (Å²) in [6.07, 6.45) is 5.29. The third kappa shape index (κ3) is 4.00. The minimum atomic E-state index is 0.602. The fraction of sp³-hybridized carbons (Fsp3) is 0.176. The molecule has 0 spiro atoms. The Labute approximate surface area is 135 Å². The molecule has 3 heterocycles. The molecular formula is C17H18N6. The summed E-state index contributed by atoms with van der Waals surface area (Å²) in [6.45, 7) is 3.39. The second-order valence-electron chi connectivity index (χ2n) is 4.90. The van der Waals surface area contributed by atoms with Gasteiger partial charge in [-0.05, 0) is 31.2 Å². The molecule has 3 aromatic rings. The zero-order chi connectivity index (χ0) is 15.9. The van der Waals surface area contributed by atoms with Crippen LogP contribution in [0.2, 0.25) is 0 Å². The standard InChI is InChI=1S/C17H18N6/c1-2-19-17-22-15(13-6-9-18-10-7-13)11-16(23-17)21-12-14-5-3-4-8-20-14/h3-11H,2,12H2,1H3,(H2,19,21,22,23). The van der Waals surface area contributed by atoms with Gasteiger partial charge < -0.3 is 10.6 Å². The molecule has 0 aliphatic heterocycles. The molecule has 0 saturated heterocycles. The van der Waals surface area contributed by atoms with E-state index in [0.29, 0.717) is 12.5 Å². The third-order valence-corrected chi connectivity index (χ3v) is 3.21. The number of hydrogen-bond acceptors (Lipinski definition) is 6. The number of nitrogens with zero attached hydrogens (tertiary/aromatic N) is 4. The zero-order valence-electron chi connectivity index (χ0n) is 12.9. The highest BCUT2D eigenvalue weighted by Gasteiger charge is 2.06. The summed E-state index contributed by atoms with van der Waals surface area (Å²) >= 11 is 0. The summed E-state index contributed by atoms with van der Waals surface area (Å²) in [5, 5.41) is 6.46. The first-order valence-electron chi connectivity index (χ1n) is 7.52. The van der Waals surface area contributed by atoms with Gasteiger partial charge in [0.1, 0.15) is 5.82 Å². The van der Waals surface area contributed by atoms with E-state index in [1.165, 1.54) is 0 Å². The lowest BCUT2D eigenvalue weighted by molar-refractivity contribution is 1.01. The van der Waals surface area contributed by atoms with Crippen LogP contribution >= 0.6 is 0 Å². The molecule has 0 saturated carbocycles. The Balaban J connectivity index is 1.85. The van der Waals surface area contributed by atoms with Crippen LogP contribution in [0.3, 0.4) is 0 Å². The van der Waals surface area contributed by atoms with Crippen LogP contribution in [-0.4, -0.2) is 26.5 Å². The second-order valence-corrected chi connectivity index (χ2v) is 4.90. The van der Waals surface area contributed by atoms with Gasteiger partial charge in [-0.15, -0.1) is 0 Å². The fourth-order valence-corrected chi connectivity index (χ4v) is 2.13. The van der Waals surface area contributed by atoms with Crippen molar-refractivity contribution in [1.82, 2.24) is 19.9 Å². The van der Waals surface area contributed by atoms with Crippen LogP contribution in [0.25, 0.3) is 11.3 Å². The molecule has 2 N–H and O–H groups in total. The van der Waals surface area contributed by atoms with Crippen molar-refractivity contribution in [2.75, 3.05) is 17.2 Å². The Hall–Kier alpha value is -3.02. The number of pyridine rings is 2. The Kier molecular flexibility index (Phi) is 4.73. The highest BCUT2D eigenvalue weighted by Crippen LogP contribution is 2.21. The lowest BCUT2D eigenvalue weighted by Crippen LogP contribution is -2.08. The van der Waals surface area contributed by atoms with Crippen molar-refractivity contribution >= 4 is 11.8 Å². The van der Waals surface area contributed by atoms with Crippen molar-refractivity contribution < 1.29 is 0 Å². The third-order valence-electron chi connectivity index (χ3n) is 3.21. The van der Waals surface area contributed by atoms with Gasteiger partial charge in [-0.3, -0.25) is 9.97 Å². The molecule has 0 bridgehead atoms. The van der Waals surface area contributed by atoms with Crippen LogP contribution < -0.4 is 10.6 Å². The quantitative estimate of drug-likeness (QED) is 0.729. The summed E-state index contributed by atoms with van der Waals surface area (Å²) in [7, 11) is 0. The van der Waals surface area contributed by atoms with Gasteiger partial charge in [0.05, 0.1) is 17.9 Å². The smallest absolute Gasteiger partial charge is 0.225 e. The summed E-state index contributed by atoms with van der Waals surface area (Å²) in [5.41, 5.74) is 2.81. The Morgan fingerprint density at radius 2 is 1.83 bits per heavy atom. The normalized spacial score (nSPS) is 10.3. The topological polar surface area (TPSA) is 75.6 Å². The Morgan fingerprint density at radius 3 is 2.57 bits per heavy atom. The van der Waals surface area contributed by atoms with E-state index in [4.69, 9.17) is 0 Å². The highest BCUT2D eigenvalue weighted by atomic mass is 15.1. The van der Waals surface area contributed by atoms with Gasteiger partial charge in [0.25, 0.3) is 0 Å². The molecule has 6 nitrogen and oxygen atoms in total. The maximum atomic E-state index is 4.54. The van der Waals surface area contributed by atoms with E-state index in [-0.39, 0.29) is 0 Å². The average molecular weight is 306 g/mol. The van der Waals surface area contributed by atoms with Crippen LogP contribution in [0.4, 0.5) is 11.8 Å². The molecule has 23 heavy (non-hydrogen) atoms. The zero-order valence-corrected chi connectivity index (χ0v) is 12.9. The van der Waals surface area contributed by atoms with Gasteiger partial charge in [0.2, 0.25) is 5.95 Å².